The van der Waals surface area contributed by atoms with Crippen LogP contribution in [0.1, 0.15) is 10.4 Å². The summed E-state index contributed by atoms with van der Waals surface area (Å²) in [6, 6.07) is 13.7. The minimum atomic E-state index is -4.15. The predicted octanol–water partition coefficient (Wildman–Crippen LogP) is 5.06. The van der Waals surface area contributed by atoms with E-state index >= 15 is 0 Å². The van der Waals surface area contributed by atoms with Crippen LogP contribution in [0, 0.1) is 5.82 Å². The van der Waals surface area contributed by atoms with Crippen molar-refractivity contribution in [1.82, 2.24) is 9.21 Å². The van der Waals surface area contributed by atoms with Gasteiger partial charge in [0.05, 0.1) is 24.7 Å². The Balaban J connectivity index is 1.89. The third-order valence-electron chi connectivity index (χ3n) is 4.93. The van der Waals surface area contributed by atoms with Crippen LogP contribution < -0.4 is 0 Å². The Morgan fingerprint density at radius 2 is 1.82 bits per heavy atom. The van der Waals surface area contributed by atoms with Crippen LogP contribution in [0.5, 0.6) is 0 Å². The lowest BCUT2D eigenvalue weighted by Gasteiger charge is -2.27. The molecule has 0 N–H and O–H groups in total. The quantitative estimate of drug-likeness (QED) is 0.338. The third-order valence-corrected chi connectivity index (χ3v) is 8.36. The molecule has 182 valence electrons. The lowest BCUT2D eigenvalue weighted by molar-refractivity contribution is -0.132. The number of sulfonamides is 1. The molecule has 11 heteroatoms. The maximum atomic E-state index is 13.4. The van der Waals surface area contributed by atoms with Crippen LogP contribution in [0.15, 0.2) is 64.9 Å². The number of methoxy groups -OCH3 is 1. The number of hydrogen-bond acceptors (Lipinski definition) is 5. The molecule has 0 aliphatic heterocycles. The zero-order valence-electron chi connectivity index (χ0n) is 18.3. The minimum absolute atomic E-state index is 0.000944. The van der Waals surface area contributed by atoms with Crippen molar-refractivity contribution in [3.8, 4) is 0 Å². The van der Waals surface area contributed by atoms with E-state index in [2.05, 4.69) is 0 Å². The molecule has 1 aromatic heterocycles. The molecule has 3 rings (SSSR count). The highest BCUT2D eigenvalue weighted by molar-refractivity contribution is 7.89. The molecule has 0 aliphatic carbocycles. The second-order valence-electron chi connectivity index (χ2n) is 7.36. The molecule has 0 aliphatic rings. The predicted molar refractivity (Wildman–Crippen MR) is 132 cm³/mol. The first-order chi connectivity index (χ1) is 16.2. The highest BCUT2D eigenvalue weighted by Crippen LogP contribution is 2.28. The number of thiophene rings is 1. The van der Waals surface area contributed by atoms with Crippen LogP contribution in [-0.4, -0.2) is 50.3 Å². The number of rotatable bonds is 11. The van der Waals surface area contributed by atoms with Gasteiger partial charge < -0.3 is 9.64 Å². The van der Waals surface area contributed by atoms with Gasteiger partial charge in [0.1, 0.15) is 10.7 Å². The molecule has 0 atom stereocenters. The van der Waals surface area contributed by atoms with E-state index in [0.29, 0.717) is 0 Å². The first kappa shape index (κ1) is 26.6. The molecule has 3 aromatic rings. The van der Waals surface area contributed by atoms with Crippen LogP contribution in [0.2, 0.25) is 10.0 Å². The Bertz CT molecular complexity index is 1210. The molecule has 1 amide bonds. The van der Waals surface area contributed by atoms with Gasteiger partial charge in [-0.2, -0.15) is 4.31 Å². The van der Waals surface area contributed by atoms with E-state index in [9.17, 15) is 17.6 Å². The molecule has 0 saturated carbocycles. The van der Waals surface area contributed by atoms with Crippen LogP contribution >= 0.6 is 34.5 Å². The van der Waals surface area contributed by atoms with Gasteiger partial charge in [0.2, 0.25) is 15.9 Å². The number of halogens is 3. The lowest BCUT2D eigenvalue weighted by atomic mass is 10.2. The maximum absolute atomic E-state index is 13.4. The molecule has 0 fully saturated rings. The van der Waals surface area contributed by atoms with Crippen molar-refractivity contribution in [1.29, 1.82) is 0 Å². The van der Waals surface area contributed by atoms with Crippen LogP contribution in [0.4, 0.5) is 4.39 Å². The average Bonchev–Trinajstić information content (AvgIpc) is 3.32. The minimum Gasteiger partial charge on any atom is -0.383 e. The first-order valence-corrected chi connectivity index (χ1v) is 13.3. The van der Waals surface area contributed by atoms with Gasteiger partial charge in [-0.15, -0.1) is 11.3 Å². The molecule has 2 aromatic carbocycles. The second kappa shape index (κ2) is 12.1. The van der Waals surface area contributed by atoms with Crippen LogP contribution in [0.3, 0.4) is 0 Å². The fourth-order valence-electron chi connectivity index (χ4n) is 3.18. The Hall–Kier alpha value is -2.01. The monoisotopic (exact) mass is 544 g/mol. The Morgan fingerprint density at radius 3 is 2.47 bits per heavy atom. The van der Waals surface area contributed by atoms with Crippen molar-refractivity contribution < 1.29 is 22.3 Å². The highest BCUT2D eigenvalue weighted by atomic mass is 35.5. The number of hydrogen-bond donors (Lipinski definition) is 0. The van der Waals surface area contributed by atoms with Crippen molar-refractivity contribution in [3.63, 3.8) is 0 Å². The SMILES string of the molecule is COCCN(CC(=O)N(Cc1ccc(F)cc1)Cc1cccs1)S(=O)(=O)c1cc(Cl)ccc1Cl. The Kier molecular flexibility index (Phi) is 9.47. The molecule has 6 nitrogen and oxygen atoms in total. The summed E-state index contributed by atoms with van der Waals surface area (Å²) in [5.41, 5.74) is 0.718. The summed E-state index contributed by atoms with van der Waals surface area (Å²) in [5, 5.41) is 2.10. The zero-order valence-corrected chi connectivity index (χ0v) is 21.4. The molecule has 1 heterocycles. The summed E-state index contributed by atoms with van der Waals surface area (Å²) < 4.78 is 46.2. The smallest absolute Gasteiger partial charge is 0.245 e. The highest BCUT2D eigenvalue weighted by Gasteiger charge is 2.30. The normalized spacial score (nSPS) is 11.7. The molecule has 34 heavy (non-hydrogen) atoms. The standard InChI is InChI=1S/C23H23Cl2FN2O4S2/c1-32-11-10-28(34(30,31)22-13-18(24)6-9-21(22)25)16-23(29)27(15-20-3-2-12-33-20)14-17-4-7-19(26)8-5-17/h2-9,12-13H,10-11,14-16H2,1H3. The molecule has 0 radical (unpaired) electrons. The van der Waals surface area contributed by atoms with E-state index in [4.69, 9.17) is 27.9 Å². The molecule has 0 spiro atoms. The van der Waals surface area contributed by atoms with Gasteiger partial charge in [-0.1, -0.05) is 41.4 Å². The summed E-state index contributed by atoms with van der Waals surface area (Å²) >= 11 is 13.6. The van der Waals surface area contributed by atoms with Crippen LogP contribution in [0.25, 0.3) is 0 Å². The van der Waals surface area contributed by atoms with Crippen molar-refractivity contribution in [2.75, 3.05) is 26.8 Å². The molecule has 0 unspecified atom stereocenters. The third kappa shape index (κ3) is 7.00. The number of ether oxygens (including phenoxy) is 1. The number of benzene rings is 2. The fourth-order valence-corrected chi connectivity index (χ4v) is 6.01. The van der Waals surface area contributed by atoms with Crippen molar-refractivity contribution in [3.05, 3.63) is 86.3 Å². The number of nitrogens with zero attached hydrogens (tertiary/aromatic N) is 2. The molecular formula is C23H23Cl2FN2O4S2. The maximum Gasteiger partial charge on any atom is 0.245 e. The summed E-state index contributed by atoms with van der Waals surface area (Å²) in [6.45, 7) is 0.0581. The van der Waals surface area contributed by atoms with Crippen LogP contribution in [-0.2, 0) is 32.6 Å². The number of carbonyl (C=O) groups excluding carboxylic acids is 1. The van der Waals surface area contributed by atoms with Gasteiger partial charge in [-0.25, -0.2) is 12.8 Å². The van der Waals surface area contributed by atoms with Crippen molar-refractivity contribution >= 4 is 50.5 Å². The van der Waals surface area contributed by atoms with Crippen molar-refractivity contribution in [2.24, 2.45) is 0 Å². The largest absolute Gasteiger partial charge is 0.383 e. The van der Waals surface area contributed by atoms with E-state index in [0.717, 1.165) is 14.7 Å². The van der Waals surface area contributed by atoms with E-state index in [-0.39, 0.29) is 47.0 Å². The zero-order chi connectivity index (χ0) is 24.7. The van der Waals surface area contributed by atoms with Gasteiger partial charge in [0.25, 0.3) is 0 Å². The van der Waals surface area contributed by atoms with Gasteiger partial charge in [-0.05, 0) is 47.3 Å². The summed E-state index contributed by atoms with van der Waals surface area (Å²) in [6.07, 6.45) is 0. The topological polar surface area (TPSA) is 66.9 Å². The van der Waals surface area contributed by atoms with Gasteiger partial charge in [0.15, 0.2) is 0 Å². The average molecular weight is 545 g/mol. The summed E-state index contributed by atoms with van der Waals surface area (Å²) in [5.74, 6) is -0.800. The summed E-state index contributed by atoms with van der Waals surface area (Å²) in [7, 11) is -2.71. The van der Waals surface area contributed by atoms with E-state index < -0.39 is 22.5 Å². The van der Waals surface area contributed by atoms with Gasteiger partial charge in [-0.3, -0.25) is 4.79 Å². The molecule has 0 bridgehead atoms. The van der Waals surface area contributed by atoms with Gasteiger partial charge >= 0.3 is 0 Å². The first-order valence-electron chi connectivity index (χ1n) is 10.2. The summed E-state index contributed by atoms with van der Waals surface area (Å²) in [4.78, 5) is 15.7. The van der Waals surface area contributed by atoms with Gasteiger partial charge in [0, 0.05) is 30.1 Å². The Labute approximate surface area is 212 Å². The van der Waals surface area contributed by atoms with E-state index in [1.165, 1.54) is 53.7 Å². The number of carbonyl (C=O) groups is 1. The molecular weight excluding hydrogens is 522 g/mol. The lowest BCUT2D eigenvalue weighted by Crippen LogP contribution is -2.43. The van der Waals surface area contributed by atoms with Crippen molar-refractivity contribution in [2.45, 2.75) is 18.0 Å². The van der Waals surface area contributed by atoms with E-state index in [1.54, 1.807) is 12.1 Å². The molecule has 0 saturated heterocycles. The Morgan fingerprint density at radius 1 is 1.09 bits per heavy atom. The van der Waals surface area contributed by atoms with E-state index in [1.807, 2.05) is 17.5 Å². The number of amides is 1. The second-order valence-corrected chi connectivity index (χ2v) is 11.1. The fraction of sp³-hybridized carbons (Fsp3) is 0.261.